The van der Waals surface area contributed by atoms with Gasteiger partial charge in [-0.25, -0.2) is 13.8 Å². The average molecular weight is 264 g/mol. The van der Waals surface area contributed by atoms with Gasteiger partial charge in [-0.2, -0.15) is 0 Å². The summed E-state index contributed by atoms with van der Waals surface area (Å²) in [6, 6.07) is 5.53. The highest BCUT2D eigenvalue weighted by Crippen LogP contribution is 2.32. The summed E-state index contributed by atoms with van der Waals surface area (Å²) in [5, 5.41) is 0. The van der Waals surface area contributed by atoms with Gasteiger partial charge in [-0.1, -0.05) is 12.1 Å². The maximum atomic E-state index is 13.6. The van der Waals surface area contributed by atoms with Crippen LogP contribution in [0.3, 0.4) is 0 Å². The fourth-order valence-corrected chi connectivity index (χ4v) is 2.72. The van der Waals surface area contributed by atoms with E-state index in [2.05, 4.69) is 9.97 Å². The molecule has 0 amide bonds. The molecule has 6 heteroatoms. The van der Waals surface area contributed by atoms with Crippen LogP contribution in [0.15, 0.2) is 35.4 Å². The Kier molecular flexibility index (Phi) is 2.45. The van der Waals surface area contributed by atoms with Crippen LogP contribution in [0.4, 0.5) is 8.78 Å². The molecule has 0 saturated heterocycles. The van der Waals surface area contributed by atoms with E-state index in [1.807, 2.05) is 0 Å². The van der Waals surface area contributed by atoms with Crippen LogP contribution in [0.1, 0.15) is 0 Å². The van der Waals surface area contributed by atoms with E-state index in [0.717, 1.165) is 17.4 Å². The maximum absolute atomic E-state index is 13.6. The third-order valence-electron chi connectivity index (χ3n) is 2.54. The number of nitrogens with zero attached hydrogens (tertiary/aromatic N) is 1. The van der Waals surface area contributed by atoms with E-state index in [9.17, 15) is 13.6 Å². The number of aromatic nitrogens is 2. The first kappa shape index (κ1) is 11.0. The molecule has 0 fully saturated rings. The molecule has 1 aromatic carbocycles. The summed E-state index contributed by atoms with van der Waals surface area (Å²) in [7, 11) is 0. The molecule has 0 saturated carbocycles. The van der Waals surface area contributed by atoms with Gasteiger partial charge in [-0.3, -0.25) is 4.79 Å². The van der Waals surface area contributed by atoms with Crippen molar-refractivity contribution in [3.8, 4) is 10.4 Å². The van der Waals surface area contributed by atoms with E-state index in [4.69, 9.17) is 0 Å². The molecule has 0 aliphatic carbocycles. The van der Waals surface area contributed by atoms with E-state index in [1.54, 1.807) is 6.07 Å². The van der Waals surface area contributed by atoms with Crippen LogP contribution in [-0.4, -0.2) is 9.97 Å². The van der Waals surface area contributed by atoms with Crippen LogP contribution < -0.4 is 5.56 Å². The molecular formula is C12H6F2N2OS. The van der Waals surface area contributed by atoms with Crippen LogP contribution in [0.5, 0.6) is 0 Å². The number of fused-ring (bicyclic) bond motifs is 1. The van der Waals surface area contributed by atoms with E-state index < -0.39 is 11.6 Å². The minimum absolute atomic E-state index is 0.136. The van der Waals surface area contributed by atoms with Crippen LogP contribution in [-0.2, 0) is 0 Å². The third-order valence-corrected chi connectivity index (χ3v) is 3.69. The summed E-state index contributed by atoms with van der Waals surface area (Å²) in [5.41, 5.74) is 0.327. The number of aromatic amines is 1. The van der Waals surface area contributed by atoms with Crippen LogP contribution >= 0.6 is 11.3 Å². The fourth-order valence-electron chi connectivity index (χ4n) is 1.69. The number of hydrogen-bond acceptors (Lipinski definition) is 3. The number of hydrogen-bond donors (Lipinski definition) is 1. The molecule has 0 spiro atoms. The van der Waals surface area contributed by atoms with Crippen molar-refractivity contribution in [1.29, 1.82) is 0 Å². The number of rotatable bonds is 1. The third kappa shape index (κ3) is 1.62. The average Bonchev–Trinajstić information content (AvgIpc) is 2.78. The Hall–Kier alpha value is -2.08. The molecule has 0 atom stereocenters. The van der Waals surface area contributed by atoms with Gasteiger partial charge in [0.25, 0.3) is 5.56 Å². The van der Waals surface area contributed by atoms with Gasteiger partial charge in [0.05, 0.1) is 11.8 Å². The number of H-pyrrole nitrogens is 1. The largest absolute Gasteiger partial charge is 0.312 e. The Labute approximate surface area is 104 Å². The van der Waals surface area contributed by atoms with Crippen molar-refractivity contribution >= 4 is 21.6 Å². The lowest BCUT2D eigenvalue weighted by Gasteiger charge is -1.99. The first-order chi connectivity index (χ1) is 8.66. The maximum Gasteiger partial charge on any atom is 0.268 e. The molecule has 0 bridgehead atoms. The first-order valence-corrected chi connectivity index (χ1v) is 5.90. The van der Waals surface area contributed by atoms with Crippen molar-refractivity contribution in [3.63, 3.8) is 0 Å². The predicted octanol–water partition coefficient (Wildman–Crippen LogP) is 2.93. The SMILES string of the molecule is O=c1[nH]cnc2cc(-c3cccc(F)c3F)sc12. The van der Waals surface area contributed by atoms with Gasteiger partial charge < -0.3 is 4.98 Å². The number of benzene rings is 1. The molecule has 2 heterocycles. The molecule has 0 aliphatic rings. The van der Waals surface area contributed by atoms with Crippen LogP contribution in [0.2, 0.25) is 0 Å². The molecule has 2 aromatic heterocycles. The molecule has 3 aromatic rings. The highest BCUT2D eigenvalue weighted by molar-refractivity contribution is 7.22. The zero-order valence-electron chi connectivity index (χ0n) is 8.91. The van der Waals surface area contributed by atoms with Gasteiger partial charge in [0.15, 0.2) is 11.6 Å². The van der Waals surface area contributed by atoms with Gasteiger partial charge in [-0.05, 0) is 12.1 Å². The Balaban J connectivity index is 2.29. The molecular weight excluding hydrogens is 258 g/mol. The lowest BCUT2D eigenvalue weighted by molar-refractivity contribution is 0.511. The van der Waals surface area contributed by atoms with Crippen molar-refractivity contribution in [3.05, 3.63) is 52.6 Å². The lowest BCUT2D eigenvalue weighted by atomic mass is 10.1. The molecule has 1 N–H and O–H groups in total. The normalized spacial score (nSPS) is 11.0. The van der Waals surface area contributed by atoms with Crippen molar-refractivity contribution < 1.29 is 8.78 Å². The second-order valence-corrected chi connectivity index (χ2v) is 4.71. The Morgan fingerprint density at radius 1 is 1.28 bits per heavy atom. The van der Waals surface area contributed by atoms with Crippen molar-refractivity contribution in [2.75, 3.05) is 0 Å². The quantitative estimate of drug-likeness (QED) is 0.734. The van der Waals surface area contributed by atoms with Gasteiger partial charge in [0.1, 0.15) is 4.70 Å². The fraction of sp³-hybridized carbons (Fsp3) is 0. The second kappa shape index (κ2) is 3.99. The zero-order chi connectivity index (χ0) is 12.7. The number of halogens is 2. The standard InChI is InChI=1S/C12H6F2N2OS/c13-7-3-1-2-6(10(7)14)9-4-8-11(18-9)12(17)16-5-15-8/h1-5H,(H,15,16,17). The predicted molar refractivity (Wildman–Crippen MR) is 65.6 cm³/mol. The lowest BCUT2D eigenvalue weighted by Crippen LogP contribution is -2.02. The van der Waals surface area contributed by atoms with Gasteiger partial charge >= 0.3 is 0 Å². The highest BCUT2D eigenvalue weighted by Gasteiger charge is 2.13. The number of thiophene rings is 1. The summed E-state index contributed by atoms with van der Waals surface area (Å²) in [5.74, 6) is -1.83. The molecule has 18 heavy (non-hydrogen) atoms. The summed E-state index contributed by atoms with van der Waals surface area (Å²) in [6.07, 6.45) is 1.28. The van der Waals surface area contributed by atoms with Crippen molar-refractivity contribution in [2.45, 2.75) is 0 Å². The summed E-state index contributed by atoms with van der Waals surface area (Å²) in [6.45, 7) is 0. The van der Waals surface area contributed by atoms with Gasteiger partial charge in [-0.15, -0.1) is 11.3 Å². The Morgan fingerprint density at radius 2 is 2.11 bits per heavy atom. The van der Waals surface area contributed by atoms with E-state index >= 15 is 0 Å². The second-order valence-electron chi connectivity index (χ2n) is 3.66. The van der Waals surface area contributed by atoms with E-state index in [-0.39, 0.29) is 11.1 Å². The van der Waals surface area contributed by atoms with Gasteiger partial charge in [0, 0.05) is 10.4 Å². The summed E-state index contributed by atoms with van der Waals surface area (Å²) in [4.78, 5) is 18.4. The van der Waals surface area contributed by atoms with Crippen molar-refractivity contribution in [1.82, 2.24) is 9.97 Å². The first-order valence-electron chi connectivity index (χ1n) is 5.08. The molecule has 0 radical (unpaired) electrons. The minimum atomic E-state index is -0.916. The minimum Gasteiger partial charge on any atom is -0.312 e. The molecule has 0 unspecified atom stereocenters. The van der Waals surface area contributed by atoms with Gasteiger partial charge in [0.2, 0.25) is 0 Å². The van der Waals surface area contributed by atoms with Crippen LogP contribution in [0.25, 0.3) is 20.7 Å². The number of nitrogens with one attached hydrogen (secondary N) is 1. The zero-order valence-corrected chi connectivity index (χ0v) is 9.72. The summed E-state index contributed by atoms with van der Waals surface area (Å²) >= 11 is 1.09. The van der Waals surface area contributed by atoms with Crippen LogP contribution in [0, 0.1) is 11.6 Å². The molecule has 0 aliphatic heterocycles. The smallest absolute Gasteiger partial charge is 0.268 e. The molecule has 90 valence electrons. The Bertz CT molecular complexity index is 794. The van der Waals surface area contributed by atoms with E-state index in [0.29, 0.717) is 15.1 Å². The highest BCUT2D eigenvalue weighted by atomic mass is 32.1. The molecule has 3 nitrogen and oxygen atoms in total. The summed E-state index contributed by atoms with van der Waals surface area (Å²) < 4.78 is 27.2. The topological polar surface area (TPSA) is 45.8 Å². The Morgan fingerprint density at radius 3 is 2.89 bits per heavy atom. The monoisotopic (exact) mass is 264 g/mol. The van der Waals surface area contributed by atoms with Crippen molar-refractivity contribution in [2.24, 2.45) is 0 Å². The van der Waals surface area contributed by atoms with E-state index in [1.165, 1.54) is 18.5 Å². The molecule has 3 rings (SSSR count).